The number of carbonyl (C=O) groups excluding carboxylic acids is 6. The Morgan fingerprint density at radius 1 is 0.615 bits per heavy atom. The quantitative estimate of drug-likeness (QED) is 0.269. The molecule has 2 amide bonds. The molecule has 0 aliphatic carbocycles. The molecule has 12 heteroatoms. The molecule has 0 rings (SSSR count). The zero-order valence-electron chi connectivity index (χ0n) is 26.4. The number of esters is 3. The minimum absolute atomic E-state index is 0.0174. The number of carbonyl (C=O) groups is 6. The molecule has 0 aromatic heterocycles. The summed E-state index contributed by atoms with van der Waals surface area (Å²) in [7, 11) is 1.35. The lowest BCUT2D eigenvalue weighted by Crippen LogP contribution is -2.46. The van der Waals surface area contributed by atoms with Crippen LogP contribution in [0, 0.1) is 11.8 Å². The van der Waals surface area contributed by atoms with Gasteiger partial charge in [0.05, 0.1) is 7.11 Å². The fourth-order valence-electron chi connectivity index (χ4n) is 2.16. The van der Waals surface area contributed by atoms with E-state index in [0.29, 0.717) is 0 Å². The van der Waals surface area contributed by atoms with Crippen molar-refractivity contribution >= 4 is 46.6 Å². The number of hydrogen-bond donors (Lipinski definition) is 2. The Morgan fingerprint density at radius 2 is 0.821 bits per heavy atom. The number of halogens is 1. The summed E-state index contributed by atoms with van der Waals surface area (Å²) < 4.78 is 14.5. The van der Waals surface area contributed by atoms with Gasteiger partial charge < -0.3 is 24.8 Å². The van der Waals surface area contributed by atoms with Crippen LogP contribution in [-0.4, -0.2) is 65.4 Å². The summed E-state index contributed by atoms with van der Waals surface area (Å²) in [6.07, 6.45) is 0. The van der Waals surface area contributed by atoms with Crippen molar-refractivity contribution in [2.24, 2.45) is 11.8 Å². The standard InChI is InChI=1S/2C11H21NO3.C3H6O2.C2H3ClO/c2*1-7(2)9(12-8(3)13)10(14)15-11(4,5)6;1-3(4)5-2;1-2(3)4/h2*7,9H,1-6H3,(H,12,13);1-2H3;1H3. The van der Waals surface area contributed by atoms with Crippen molar-refractivity contribution in [2.45, 2.75) is 120 Å². The maximum absolute atomic E-state index is 11.7. The molecular weight excluding hydrogens is 532 g/mol. The molecule has 0 aromatic rings. The summed E-state index contributed by atoms with van der Waals surface area (Å²) in [5.74, 6) is -1.42. The van der Waals surface area contributed by atoms with E-state index in [1.807, 2.05) is 27.7 Å². The SMILES string of the molecule is CC(=O)Cl.CC(=O)NC(C(=O)OC(C)(C)C)C(C)C.CC(=O)NC(C(=O)OC(C)(C)C)C(C)C.COC(C)=O. The third kappa shape index (κ3) is 35.3. The van der Waals surface area contributed by atoms with Gasteiger partial charge in [-0.2, -0.15) is 0 Å². The van der Waals surface area contributed by atoms with Gasteiger partial charge in [0.15, 0.2) is 0 Å². The highest BCUT2D eigenvalue weighted by Crippen LogP contribution is 2.13. The third-order valence-electron chi connectivity index (χ3n) is 3.66. The molecule has 0 saturated heterocycles. The van der Waals surface area contributed by atoms with Crippen LogP contribution in [0.4, 0.5) is 0 Å². The van der Waals surface area contributed by atoms with Crippen molar-refractivity contribution in [1.29, 1.82) is 0 Å². The Labute approximate surface area is 239 Å². The predicted molar refractivity (Wildman–Crippen MR) is 151 cm³/mol. The molecule has 0 aromatic carbocycles. The molecule has 2 atom stereocenters. The monoisotopic (exact) mass is 582 g/mol. The molecular formula is C27H51ClN2O9. The van der Waals surface area contributed by atoms with E-state index in [4.69, 9.17) is 9.47 Å². The molecule has 0 aliphatic heterocycles. The molecule has 0 radical (unpaired) electrons. The number of rotatable bonds is 6. The second-order valence-electron chi connectivity index (χ2n) is 11.1. The lowest BCUT2D eigenvalue weighted by atomic mass is 10.0. The molecule has 0 saturated carbocycles. The molecule has 0 fully saturated rings. The van der Waals surface area contributed by atoms with Crippen molar-refractivity contribution in [1.82, 2.24) is 10.6 Å². The van der Waals surface area contributed by atoms with E-state index in [0.717, 1.165) is 0 Å². The van der Waals surface area contributed by atoms with E-state index in [-0.39, 0.29) is 46.8 Å². The number of amides is 2. The number of methoxy groups -OCH3 is 1. The van der Waals surface area contributed by atoms with Crippen LogP contribution in [0.2, 0.25) is 0 Å². The predicted octanol–water partition coefficient (Wildman–Crippen LogP) is 3.93. The molecule has 0 heterocycles. The second-order valence-corrected chi connectivity index (χ2v) is 11.6. The number of hydrogen-bond acceptors (Lipinski definition) is 9. The van der Waals surface area contributed by atoms with E-state index < -0.39 is 23.3 Å². The minimum Gasteiger partial charge on any atom is -0.469 e. The van der Waals surface area contributed by atoms with E-state index in [2.05, 4.69) is 27.0 Å². The highest BCUT2D eigenvalue weighted by atomic mass is 35.5. The molecule has 2 N–H and O–H groups in total. The molecule has 11 nitrogen and oxygen atoms in total. The molecule has 39 heavy (non-hydrogen) atoms. The van der Waals surface area contributed by atoms with Gasteiger partial charge in [-0.1, -0.05) is 27.7 Å². The molecule has 0 bridgehead atoms. The Morgan fingerprint density at radius 3 is 0.923 bits per heavy atom. The van der Waals surface area contributed by atoms with Crippen LogP contribution < -0.4 is 10.6 Å². The maximum Gasteiger partial charge on any atom is 0.329 e. The zero-order valence-corrected chi connectivity index (χ0v) is 27.1. The van der Waals surface area contributed by atoms with Crippen molar-refractivity contribution < 1.29 is 43.0 Å². The average Bonchev–Trinajstić information content (AvgIpc) is 2.67. The van der Waals surface area contributed by atoms with Crippen molar-refractivity contribution in [3.8, 4) is 0 Å². The van der Waals surface area contributed by atoms with Crippen LogP contribution in [0.1, 0.15) is 96.9 Å². The van der Waals surface area contributed by atoms with Crippen LogP contribution in [-0.2, 0) is 43.0 Å². The second kappa shape index (κ2) is 21.2. The fourth-order valence-corrected chi connectivity index (χ4v) is 2.16. The van der Waals surface area contributed by atoms with Gasteiger partial charge >= 0.3 is 17.9 Å². The van der Waals surface area contributed by atoms with E-state index in [1.54, 1.807) is 41.5 Å². The summed E-state index contributed by atoms with van der Waals surface area (Å²) >= 11 is 4.64. The van der Waals surface area contributed by atoms with Crippen molar-refractivity contribution in [3.05, 3.63) is 0 Å². The molecule has 0 aliphatic rings. The normalized spacial score (nSPS) is 11.9. The zero-order chi connectivity index (χ0) is 32.3. The highest BCUT2D eigenvalue weighted by molar-refractivity contribution is 6.62. The van der Waals surface area contributed by atoms with Gasteiger partial charge in [0.25, 0.3) is 0 Å². The highest BCUT2D eigenvalue weighted by Gasteiger charge is 2.29. The van der Waals surface area contributed by atoms with Gasteiger partial charge in [0.2, 0.25) is 17.1 Å². The first kappa shape index (κ1) is 43.4. The summed E-state index contributed by atoms with van der Waals surface area (Å²) in [6.45, 7) is 23.7. The number of ether oxygens (including phenoxy) is 3. The van der Waals surface area contributed by atoms with Crippen molar-refractivity contribution in [2.75, 3.05) is 7.11 Å². The van der Waals surface area contributed by atoms with Gasteiger partial charge in [-0.05, 0) is 65.0 Å². The van der Waals surface area contributed by atoms with E-state index in [9.17, 15) is 28.8 Å². The van der Waals surface area contributed by atoms with Crippen LogP contribution in [0.25, 0.3) is 0 Å². The molecule has 2 unspecified atom stereocenters. The summed E-state index contributed by atoms with van der Waals surface area (Å²) in [6, 6.07) is -1.14. The smallest absolute Gasteiger partial charge is 0.329 e. The largest absolute Gasteiger partial charge is 0.469 e. The fraction of sp³-hybridized carbons (Fsp3) is 0.778. The van der Waals surface area contributed by atoms with Crippen LogP contribution >= 0.6 is 11.6 Å². The topological polar surface area (TPSA) is 154 Å². The lowest BCUT2D eigenvalue weighted by molar-refractivity contribution is -0.160. The van der Waals surface area contributed by atoms with Gasteiger partial charge in [0.1, 0.15) is 23.3 Å². The summed E-state index contributed by atoms with van der Waals surface area (Å²) in [5, 5.41) is 4.82. The first-order valence-electron chi connectivity index (χ1n) is 12.5. The molecule has 230 valence electrons. The third-order valence-corrected chi connectivity index (χ3v) is 3.66. The first-order valence-corrected chi connectivity index (χ1v) is 12.9. The number of nitrogens with one attached hydrogen (secondary N) is 2. The first-order chi connectivity index (χ1) is 17.3. The minimum atomic E-state index is -0.568. The summed E-state index contributed by atoms with van der Waals surface area (Å²) in [4.78, 5) is 64.0. The summed E-state index contributed by atoms with van der Waals surface area (Å²) in [5.41, 5.74) is -1.05. The van der Waals surface area contributed by atoms with Gasteiger partial charge in [-0.3, -0.25) is 19.2 Å². The Kier molecular flexibility index (Phi) is 23.5. The van der Waals surface area contributed by atoms with Crippen LogP contribution in [0.15, 0.2) is 0 Å². The van der Waals surface area contributed by atoms with Gasteiger partial charge in [0, 0.05) is 27.7 Å². The van der Waals surface area contributed by atoms with Gasteiger partial charge in [-0.15, -0.1) is 0 Å². The van der Waals surface area contributed by atoms with E-state index in [1.165, 1.54) is 34.8 Å². The average molecular weight is 583 g/mol. The molecule has 0 spiro atoms. The van der Waals surface area contributed by atoms with Crippen molar-refractivity contribution in [3.63, 3.8) is 0 Å². The maximum atomic E-state index is 11.7. The van der Waals surface area contributed by atoms with Gasteiger partial charge in [-0.25, -0.2) is 9.59 Å². The Hall–Kier alpha value is -2.69. The Bertz CT molecular complexity index is 727. The Balaban J connectivity index is -0.000000240. The van der Waals surface area contributed by atoms with Crippen LogP contribution in [0.3, 0.4) is 0 Å². The lowest BCUT2D eigenvalue weighted by Gasteiger charge is -2.26. The van der Waals surface area contributed by atoms with E-state index >= 15 is 0 Å². The van der Waals surface area contributed by atoms with Crippen LogP contribution in [0.5, 0.6) is 0 Å².